The van der Waals surface area contributed by atoms with E-state index in [1.807, 2.05) is 54.5 Å². The largest absolute Gasteiger partial charge is 0.471 e. The maximum Gasteiger partial charge on any atom is 0.255 e. The third-order valence-electron chi connectivity index (χ3n) is 3.83. The Labute approximate surface area is 140 Å². The summed E-state index contributed by atoms with van der Waals surface area (Å²) in [5, 5.41) is 8.01. The van der Waals surface area contributed by atoms with Gasteiger partial charge in [-0.2, -0.15) is 5.10 Å². The predicted octanol–water partition coefficient (Wildman–Crippen LogP) is 2.80. The van der Waals surface area contributed by atoms with Crippen molar-refractivity contribution in [2.75, 3.05) is 19.3 Å². The Balaban J connectivity index is 1.65. The molecule has 2 aromatic rings. The van der Waals surface area contributed by atoms with Crippen LogP contribution in [0.25, 0.3) is 0 Å². The zero-order valence-electron chi connectivity index (χ0n) is 13.2. The molecule has 3 rings (SSSR count). The van der Waals surface area contributed by atoms with Crippen LogP contribution < -0.4 is 4.74 Å². The maximum atomic E-state index is 12.7. The Kier molecular flexibility index (Phi) is 4.81. The highest BCUT2D eigenvalue weighted by Crippen LogP contribution is 2.24. The molecule has 1 aliphatic rings. The number of aryl methyl sites for hydroxylation is 1. The molecule has 0 radical (unpaired) electrons. The van der Waals surface area contributed by atoms with E-state index in [0.29, 0.717) is 19.0 Å². The summed E-state index contributed by atoms with van der Waals surface area (Å²) >= 11 is 1.59. The quantitative estimate of drug-likeness (QED) is 0.807. The monoisotopic (exact) mass is 329 g/mol. The number of thioether (sulfide) groups is 1. The van der Waals surface area contributed by atoms with Crippen LogP contribution in [0.5, 0.6) is 5.88 Å². The van der Waals surface area contributed by atoms with Gasteiger partial charge in [-0.25, -0.2) is 0 Å². The van der Waals surface area contributed by atoms with Crippen LogP contribution in [0.2, 0.25) is 0 Å². The van der Waals surface area contributed by atoms with E-state index < -0.39 is 0 Å². The molecule has 6 heteroatoms. The van der Waals surface area contributed by atoms with Crippen LogP contribution in [0.15, 0.2) is 41.3 Å². The highest BCUT2D eigenvalue weighted by Gasteiger charge is 2.29. The highest BCUT2D eigenvalue weighted by atomic mass is 32.2. The van der Waals surface area contributed by atoms with Gasteiger partial charge in [0.05, 0.1) is 17.8 Å². The summed E-state index contributed by atoms with van der Waals surface area (Å²) in [6.45, 7) is 3.17. The molecular weight excluding hydrogens is 310 g/mol. The van der Waals surface area contributed by atoms with Gasteiger partial charge in [-0.15, -0.1) is 16.9 Å². The summed E-state index contributed by atoms with van der Waals surface area (Å²) in [6, 6.07) is 11.4. The van der Waals surface area contributed by atoms with Crippen molar-refractivity contribution in [1.82, 2.24) is 15.1 Å². The second-order valence-electron chi connectivity index (χ2n) is 5.49. The van der Waals surface area contributed by atoms with Crippen molar-refractivity contribution in [2.45, 2.75) is 24.3 Å². The number of amides is 1. The van der Waals surface area contributed by atoms with E-state index in [9.17, 15) is 4.79 Å². The highest BCUT2D eigenvalue weighted by molar-refractivity contribution is 7.98. The molecule has 1 amide bonds. The first-order chi connectivity index (χ1) is 11.2. The summed E-state index contributed by atoms with van der Waals surface area (Å²) in [7, 11) is 0. The van der Waals surface area contributed by atoms with E-state index in [4.69, 9.17) is 4.74 Å². The van der Waals surface area contributed by atoms with Crippen molar-refractivity contribution in [3.8, 4) is 5.88 Å². The smallest absolute Gasteiger partial charge is 0.255 e. The fourth-order valence-corrected chi connectivity index (χ4v) is 3.21. The van der Waals surface area contributed by atoms with Crippen molar-refractivity contribution in [3.63, 3.8) is 0 Å². The lowest BCUT2D eigenvalue weighted by molar-refractivity contribution is 0.0767. The van der Waals surface area contributed by atoms with Gasteiger partial charge in [0.1, 0.15) is 6.10 Å². The number of hydrogen-bond donors (Lipinski definition) is 0. The molecule has 1 fully saturated rings. The molecule has 2 heterocycles. The van der Waals surface area contributed by atoms with E-state index in [1.54, 1.807) is 11.8 Å². The maximum absolute atomic E-state index is 12.7. The topological polar surface area (TPSA) is 55.3 Å². The van der Waals surface area contributed by atoms with Crippen LogP contribution >= 0.6 is 11.8 Å². The number of benzene rings is 1. The normalized spacial score (nSPS) is 17.3. The van der Waals surface area contributed by atoms with Crippen LogP contribution in [0, 0.1) is 6.92 Å². The molecule has 1 saturated heterocycles. The molecule has 0 aliphatic carbocycles. The van der Waals surface area contributed by atoms with Crippen molar-refractivity contribution in [3.05, 3.63) is 47.7 Å². The molecule has 0 bridgehead atoms. The first kappa shape index (κ1) is 15.8. The van der Waals surface area contributed by atoms with Gasteiger partial charge >= 0.3 is 0 Å². The Hall–Kier alpha value is -2.08. The number of hydrogen-bond acceptors (Lipinski definition) is 5. The number of carbonyl (C=O) groups excluding carboxylic acids is 1. The predicted molar refractivity (Wildman–Crippen MR) is 89.9 cm³/mol. The second kappa shape index (κ2) is 7.00. The van der Waals surface area contributed by atoms with Crippen LogP contribution in [0.1, 0.15) is 22.5 Å². The number of aromatic nitrogens is 2. The van der Waals surface area contributed by atoms with Crippen LogP contribution in [0.4, 0.5) is 0 Å². The molecule has 0 spiro atoms. The van der Waals surface area contributed by atoms with Crippen molar-refractivity contribution < 1.29 is 9.53 Å². The van der Waals surface area contributed by atoms with E-state index in [0.717, 1.165) is 22.6 Å². The lowest BCUT2D eigenvalue weighted by Gasteiger charge is -2.18. The van der Waals surface area contributed by atoms with E-state index in [-0.39, 0.29) is 12.0 Å². The Morgan fingerprint density at radius 1 is 1.26 bits per heavy atom. The third-order valence-corrected chi connectivity index (χ3v) is 4.63. The van der Waals surface area contributed by atoms with Crippen molar-refractivity contribution in [2.24, 2.45) is 0 Å². The molecule has 1 unspecified atom stereocenters. The average Bonchev–Trinajstić information content (AvgIpc) is 3.05. The summed E-state index contributed by atoms with van der Waals surface area (Å²) in [5.41, 5.74) is 1.62. The zero-order chi connectivity index (χ0) is 16.2. The molecule has 1 aromatic heterocycles. The van der Waals surface area contributed by atoms with Gasteiger partial charge in [0.2, 0.25) is 5.88 Å². The molecule has 5 nitrogen and oxygen atoms in total. The Morgan fingerprint density at radius 2 is 2.09 bits per heavy atom. The lowest BCUT2D eigenvalue weighted by Crippen LogP contribution is -2.31. The standard InChI is InChI=1S/C17H19N3O2S/c1-12-7-8-16(19-18-12)22-13-9-10-20(11-13)17(21)14-5-3-4-6-15(14)23-2/h3-8,13H,9-11H2,1-2H3. The zero-order valence-corrected chi connectivity index (χ0v) is 14.0. The minimum absolute atomic E-state index is 0.0302. The SMILES string of the molecule is CSc1ccccc1C(=O)N1CCC(Oc2ccc(C)nn2)C1. The average molecular weight is 329 g/mol. The van der Waals surface area contributed by atoms with E-state index in [1.165, 1.54) is 0 Å². The molecule has 0 N–H and O–H groups in total. The first-order valence-corrected chi connectivity index (χ1v) is 8.79. The fraction of sp³-hybridized carbons (Fsp3) is 0.353. The van der Waals surface area contributed by atoms with E-state index >= 15 is 0 Å². The van der Waals surface area contributed by atoms with Crippen molar-refractivity contribution >= 4 is 17.7 Å². The van der Waals surface area contributed by atoms with E-state index in [2.05, 4.69) is 10.2 Å². The molecule has 23 heavy (non-hydrogen) atoms. The molecule has 0 saturated carbocycles. The lowest BCUT2D eigenvalue weighted by atomic mass is 10.2. The van der Waals surface area contributed by atoms with Gasteiger partial charge in [0.25, 0.3) is 5.91 Å². The Morgan fingerprint density at radius 3 is 2.83 bits per heavy atom. The summed E-state index contributed by atoms with van der Waals surface area (Å²) in [5.74, 6) is 0.579. The second-order valence-corrected chi connectivity index (χ2v) is 6.34. The third kappa shape index (κ3) is 3.64. The number of rotatable bonds is 4. The van der Waals surface area contributed by atoms with Crippen molar-refractivity contribution in [1.29, 1.82) is 0 Å². The summed E-state index contributed by atoms with van der Waals surface area (Å²) in [6.07, 6.45) is 2.76. The fourth-order valence-electron chi connectivity index (χ4n) is 2.62. The molecular formula is C17H19N3O2S. The number of ether oxygens (including phenoxy) is 1. The number of likely N-dealkylation sites (tertiary alicyclic amines) is 1. The van der Waals surface area contributed by atoms with Gasteiger partial charge in [-0.1, -0.05) is 12.1 Å². The minimum atomic E-state index is -0.0302. The van der Waals surface area contributed by atoms with Gasteiger partial charge < -0.3 is 9.64 Å². The minimum Gasteiger partial charge on any atom is -0.471 e. The van der Waals surface area contributed by atoms with Crippen LogP contribution in [0.3, 0.4) is 0 Å². The first-order valence-electron chi connectivity index (χ1n) is 7.56. The summed E-state index contributed by atoms with van der Waals surface area (Å²) in [4.78, 5) is 15.6. The molecule has 120 valence electrons. The van der Waals surface area contributed by atoms with Crippen LogP contribution in [-0.4, -0.2) is 46.5 Å². The number of nitrogens with zero attached hydrogens (tertiary/aromatic N) is 3. The molecule has 1 aromatic carbocycles. The Bertz CT molecular complexity index is 690. The van der Waals surface area contributed by atoms with Gasteiger partial charge in [0, 0.05) is 23.9 Å². The van der Waals surface area contributed by atoms with Gasteiger partial charge in [0.15, 0.2) is 0 Å². The van der Waals surface area contributed by atoms with Gasteiger partial charge in [-0.3, -0.25) is 4.79 Å². The van der Waals surface area contributed by atoms with Crippen LogP contribution in [-0.2, 0) is 0 Å². The molecule has 1 aliphatic heterocycles. The summed E-state index contributed by atoms with van der Waals surface area (Å²) < 4.78 is 5.83. The number of carbonyl (C=O) groups is 1. The molecule has 1 atom stereocenters. The van der Waals surface area contributed by atoms with Gasteiger partial charge in [-0.05, 0) is 31.4 Å².